The molecule has 3 saturated heterocycles. The number of hydrogen-bond acceptors (Lipinski definition) is 6. The van der Waals surface area contributed by atoms with E-state index in [2.05, 4.69) is 10.2 Å². The van der Waals surface area contributed by atoms with Crippen molar-refractivity contribution in [2.24, 2.45) is 11.8 Å². The van der Waals surface area contributed by atoms with Gasteiger partial charge in [-0.2, -0.15) is 5.10 Å². The van der Waals surface area contributed by atoms with Crippen LogP contribution in [0.25, 0.3) is 10.9 Å². The molecule has 3 aromatic rings. The predicted octanol–water partition coefficient (Wildman–Crippen LogP) is 3.35. The molecule has 3 aliphatic rings. The maximum absolute atomic E-state index is 12.5. The molecule has 3 aliphatic heterocycles. The number of hydrogen-bond donors (Lipinski definition) is 1. The fourth-order valence-corrected chi connectivity index (χ4v) is 5.60. The van der Waals surface area contributed by atoms with Gasteiger partial charge in [-0.3, -0.25) is 4.68 Å². The van der Waals surface area contributed by atoms with Crippen molar-refractivity contribution in [3.8, 4) is 5.75 Å². The summed E-state index contributed by atoms with van der Waals surface area (Å²) in [5.41, 5.74) is 3.59. The molecule has 0 aliphatic carbocycles. The van der Waals surface area contributed by atoms with Crippen molar-refractivity contribution in [3.63, 3.8) is 0 Å². The third-order valence-corrected chi connectivity index (χ3v) is 7.48. The van der Waals surface area contributed by atoms with Gasteiger partial charge in [0.2, 0.25) is 0 Å². The van der Waals surface area contributed by atoms with Gasteiger partial charge in [0.15, 0.2) is 0 Å². The molecule has 0 spiro atoms. The summed E-state index contributed by atoms with van der Waals surface area (Å²) in [5.74, 6) is 2.12. The molecule has 1 aromatic heterocycles. The van der Waals surface area contributed by atoms with Crippen LogP contribution < -0.4 is 10.1 Å². The van der Waals surface area contributed by atoms with Crippen molar-refractivity contribution in [1.29, 1.82) is 0 Å². The quantitative estimate of drug-likeness (QED) is 0.389. The Morgan fingerprint density at radius 2 is 1.91 bits per heavy atom. The number of ether oxygens (including phenoxy) is 2. The summed E-state index contributed by atoms with van der Waals surface area (Å²) >= 11 is 0. The summed E-state index contributed by atoms with van der Waals surface area (Å²) in [6, 6.07) is 13.8. The molecule has 4 heterocycles. The predicted molar refractivity (Wildman–Crippen MR) is 132 cm³/mol. The van der Waals surface area contributed by atoms with Gasteiger partial charge in [-0.15, -0.1) is 0 Å². The highest BCUT2D eigenvalue weighted by Crippen LogP contribution is 2.32. The summed E-state index contributed by atoms with van der Waals surface area (Å²) in [6.45, 7) is 6.29. The molecule has 6 rings (SSSR count). The van der Waals surface area contributed by atoms with E-state index in [4.69, 9.17) is 14.6 Å². The van der Waals surface area contributed by atoms with Gasteiger partial charge in [0.25, 0.3) is 0 Å². The number of aromatic nitrogens is 2. The zero-order valence-electron chi connectivity index (χ0n) is 20.1. The highest BCUT2D eigenvalue weighted by molar-refractivity contribution is 6.04. The van der Waals surface area contributed by atoms with Crippen LogP contribution in [0, 0.1) is 11.8 Å². The number of carbonyl (C=O) groups is 1. The Hall–Kier alpha value is -2.90. The maximum atomic E-state index is 12.5. The van der Waals surface area contributed by atoms with Crippen LogP contribution in [0.1, 0.15) is 34.5 Å². The topological polar surface area (TPSA) is 68.6 Å². The number of fused-ring (bicyclic) bond motifs is 4. The van der Waals surface area contributed by atoms with E-state index in [-0.39, 0.29) is 5.97 Å². The highest BCUT2D eigenvalue weighted by atomic mass is 16.5. The molecule has 1 unspecified atom stereocenters. The smallest absolute Gasteiger partial charge is 0.338 e. The fraction of sp³-hybridized carbons (Fsp3) is 0.481. The summed E-state index contributed by atoms with van der Waals surface area (Å²) in [7, 11) is 3.10. The molecule has 0 saturated carbocycles. The number of methoxy groups -OCH3 is 2. The lowest BCUT2D eigenvalue weighted by Gasteiger charge is -2.45. The summed E-state index contributed by atoms with van der Waals surface area (Å²) in [6.07, 6.45) is 3.45. The van der Waals surface area contributed by atoms with Crippen LogP contribution in [0.2, 0.25) is 0 Å². The third kappa shape index (κ3) is 4.68. The molecule has 180 valence electrons. The normalized spacial score (nSPS) is 21.6. The largest absolute Gasteiger partial charge is 0.497 e. The molecule has 2 aromatic carbocycles. The second-order valence-electron chi connectivity index (χ2n) is 9.50. The van der Waals surface area contributed by atoms with Crippen LogP contribution in [-0.2, 0) is 17.7 Å². The Bertz CT molecular complexity index is 1130. The van der Waals surface area contributed by atoms with Crippen molar-refractivity contribution < 1.29 is 14.3 Å². The van der Waals surface area contributed by atoms with Gasteiger partial charge in [-0.05, 0) is 74.1 Å². The lowest BCUT2D eigenvalue weighted by atomic mass is 9.79. The van der Waals surface area contributed by atoms with Crippen LogP contribution in [0.4, 0.5) is 0 Å². The number of nitrogens with one attached hydrogen (secondary N) is 1. The van der Waals surface area contributed by atoms with Crippen molar-refractivity contribution >= 4 is 16.9 Å². The van der Waals surface area contributed by atoms with Gasteiger partial charge in [-0.25, -0.2) is 4.79 Å². The molecule has 7 heteroatoms. The van der Waals surface area contributed by atoms with Gasteiger partial charge >= 0.3 is 5.97 Å². The Morgan fingerprint density at radius 3 is 2.59 bits per heavy atom. The molecule has 0 radical (unpaired) electrons. The van der Waals surface area contributed by atoms with Crippen LogP contribution >= 0.6 is 0 Å². The maximum Gasteiger partial charge on any atom is 0.338 e. The van der Waals surface area contributed by atoms with Crippen molar-refractivity contribution in [1.82, 2.24) is 20.0 Å². The number of nitrogens with zero attached hydrogens (tertiary/aromatic N) is 3. The number of piperidine rings is 3. The van der Waals surface area contributed by atoms with Gasteiger partial charge in [0, 0.05) is 24.9 Å². The van der Waals surface area contributed by atoms with Crippen LogP contribution in [-0.4, -0.2) is 67.6 Å². The first kappa shape index (κ1) is 22.9. The van der Waals surface area contributed by atoms with E-state index in [9.17, 15) is 4.79 Å². The molecule has 34 heavy (non-hydrogen) atoms. The fourth-order valence-electron chi connectivity index (χ4n) is 5.60. The van der Waals surface area contributed by atoms with Gasteiger partial charge in [0.1, 0.15) is 5.75 Å². The van der Waals surface area contributed by atoms with E-state index >= 15 is 0 Å². The van der Waals surface area contributed by atoms with E-state index in [1.54, 1.807) is 7.11 Å². The summed E-state index contributed by atoms with van der Waals surface area (Å²) < 4.78 is 12.3. The monoisotopic (exact) mass is 462 g/mol. The number of benzene rings is 2. The zero-order chi connectivity index (χ0) is 23.5. The standard InChI is InChI=1S/C27H34N4O3/c1-33-22-8-6-19(7-9-22)17-31-25-5-3-4-23(27(32)34-2)26(25)24(29-31)10-13-28-16-21-18-30-14-11-20(21)12-15-30/h3-9,20-21,28H,10-18H2,1-2H3. The van der Waals surface area contributed by atoms with Crippen molar-refractivity contribution in [3.05, 3.63) is 59.3 Å². The lowest BCUT2D eigenvalue weighted by Crippen LogP contribution is -2.50. The van der Waals surface area contributed by atoms with E-state index in [0.717, 1.165) is 59.3 Å². The highest BCUT2D eigenvalue weighted by Gasteiger charge is 2.33. The SMILES string of the molecule is COC(=O)c1cccc2c1c(CCNCC1CN3CCC1CC3)nn2Cc1ccc(OC)cc1. The van der Waals surface area contributed by atoms with Crippen LogP contribution in [0.15, 0.2) is 42.5 Å². The number of rotatable bonds is 9. The molecule has 1 atom stereocenters. The Labute approximate surface area is 201 Å². The third-order valence-electron chi connectivity index (χ3n) is 7.48. The molecule has 0 amide bonds. The molecular formula is C27H34N4O3. The van der Waals surface area contributed by atoms with Crippen LogP contribution in [0.3, 0.4) is 0 Å². The molecule has 2 bridgehead atoms. The molecule has 7 nitrogen and oxygen atoms in total. The summed E-state index contributed by atoms with van der Waals surface area (Å²) in [5, 5.41) is 9.53. The van der Waals surface area contributed by atoms with Crippen molar-refractivity contribution in [2.45, 2.75) is 25.8 Å². The van der Waals surface area contributed by atoms with Gasteiger partial charge in [-0.1, -0.05) is 18.2 Å². The second kappa shape index (κ2) is 10.2. The lowest BCUT2D eigenvalue weighted by molar-refractivity contribution is 0.0512. The van der Waals surface area contributed by atoms with E-state index in [1.165, 1.54) is 39.6 Å². The first-order valence-electron chi connectivity index (χ1n) is 12.3. The average molecular weight is 463 g/mol. The Balaban J connectivity index is 1.34. The Kier molecular flexibility index (Phi) is 6.83. The number of esters is 1. The minimum Gasteiger partial charge on any atom is -0.497 e. The summed E-state index contributed by atoms with van der Waals surface area (Å²) in [4.78, 5) is 15.1. The first-order valence-corrected chi connectivity index (χ1v) is 12.3. The van der Waals surface area contributed by atoms with E-state index in [1.807, 2.05) is 47.1 Å². The van der Waals surface area contributed by atoms with Crippen molar-refractivity contribution in [2.75, 3.05) is 46.9 Å². The van der Waals surface area contributed by atoms with Gasteiger partial charge < -0.3 is 19.7 Å². The molecule has 1 N–H and O–H groups in total. The minimum absolute atomic E-state index is 0.323. The van der Waals surface area contributed by atoms with E-state index in [0.29, 0.717) is 12.1 Å². The van der Waals surface area contributed by atoms with E-state index < -0.39 is 0 Å². The zero-order valence-corrected chi connectivity index (χ0v) is 20.1. The average Bonchev–Trinajstić information content (AvgIpc) is 3.24. The second-order valence-corrected chi connectivity index (χ2v) is 9.50. The molecule has 3 fully saturated rings. The van der Waals surface area contributed by atoms with Crippen LogP contribution in [0.5, 0.6) is 5.75 Å². The first-order chi connectivity index (χ1) is 16.7. The molecular weight excluding hydrogens is 428 g/mol. The minimum atomic E-state index is -0.323. The number of carbonyl (C=O) groups excluding carboxylic acids is 1. The Morgan fingerprint density at radius 1 is 1.12 bits per heavy atom. The van der Waals surface area contributed by atoms with Gasteiger partial charge in [0.05, 0.1) is 37.5 Å².